The fraction of sp³-hybridized carbons (Fsp3) is 0.294. The summed E-state index contributed by atoms with van der Waals surface area (Å²) in [5.74, 6) is 0. The van der Waals surface area contributed by atoms with Crippen molar-refractivity contribution >= 4 is 27.5 Å². The van der Waals surface area contributed by atoms with Gasteiger partial charge in [0.05, 0.1) is 0 Å². The van der Waals surface area contributed by atoms with E-state index in [2.05, 4.69) is 53.2 Å². The van der Waals surface area contributed by atoms with Gasteiger partial charge in [-0.2, -0.15) is 0 Å². The standard InChI is InChI=1S/C17H18BrCl/c1-13-4-2-5-14(10-13)8-9-16(18)11-15-6-3-7-17(19)12-15/h2-7,10,12,16H,8-9,11H2,1H3. The van der Waals surface area contributed by atoms with Gasteiger partial charge in [-0.15, -0.1) is 0 Å². The van der Waals surface area contributed by atoms with Crippen LogP contribution in [0.5, 0.6) is 0 Å². The smallest absolute Gasteiger partial charge is 0.0408 e. The van der Waals surface area contributed by atoms with Gasteiger partial charge in [0.2, 0.25) is 0 Å². The molecule has 0 amide bonds. The summed E-state index contributed by atoms with van der Waals surface area (Å²) in [5.41, 5.74) is 4.03. The minimum Gasteiger partial charge on any atom is -0.0887 e. The monoisotopic (exact) mass is 336 g/mol. The van der Waals surface area contributed by atoms with Crippen LogP contribution in [0.2, 0.25) is 5.02 Å². The van der Waals surface area contributed by atoms with Gasteiger partial charge in [0.15, 0.2) is 0 Å². The number of hydrogen-bond acceptors (Lipinski definition) is 0. The number of rotatable bonds is 5. The summed E-state index contributed by atoms with van der Waals surface area (Å²) >= 11 is 9.78. The molecule has 0 nitrogen and oxygen atoms in total. The first-order valence-electron chi connectivity index (χ1n) is 6.57. The van der Waals surface area contributed by atoms with Crippen molar-refractivity contribution in [1.82, 2.24) is 0 Å². The van der Waals surface area contributed by atoms with E-state index < -0.39 is 0 Å². The second kappa shape index (κ2) is 7.12. The van der Waals surface area contributed by atoms with Crippen molar-refractivity contribution in [2.24, 2.45) is 0 Å². The average molecular weight is 338 g/mol. The molecule has 0 aromatic heterocycles. The number of alkyl halides is 1. The van der Waals surface area contributed by atoms with Crippen LogP contribution >= 0.6 is 27.5 Å². The Hall–Kier alpha value is -0.790. The largest absolute Gasteiger partial charge is 0.0887 e. The predicted molar refractivity (Wildman–Crippen MR) is 87.4 cm³/mol. The highest BCUT2D eigenvalue weighted by Gasteiger charge is 2.06. The first-order valence-corrected chi connectivity index (χ1v) is 7.87. The third-order valence-electron chi connectivity index (χ3n) is 3.17. The molecule has 1 unspecified atom stereocenters. The summed E-state index contributed by atoms with van der Waals surface area (Å²) in [4.78, 5) is 0.492. The molecule has 0 aliphatic heterocycles. The third-order valence-corrected chi connectivity index (χ3v) is 4.19. The summed E-state index contributed by atoms with van der Waals surface area (Å²) in [7, 11) is 0. The van der Waals surface area contributed by atoms with Crippen molar-refractivity contribution in [3.05, 3.63) is 70.2 Å². The summed E-state index contributed by atoms with van der Waals surface area (Å²) in [6.45, 7) is 2.14. The van der Waals surface area contributed by atoms with Crippen LogP contribution in [0.1, 0.15) is 23.1 Å². The van der Waals surface area contributed by atoms with E-state index in [4.69, 9.17) is 11.6 Å². The Morgan fingerprint density at radius 1 is 1.05 bits per heavy atom. The first-order chi connectivity index (χ1) is 9.13. The second-order valence-electron chi connectivity index (χ2n) is 4.96. The van der Waals surface area contributed by atoms with Crippen molar-refractivity contribution in [3.8, 4) is 0 Å². The van der Waals surface area contributed by atoms with E-state index in [1.165, 1.54) is 16.7 Å². The Kier molecular flexibility index (Phi) is 5.47. The van der Waals surface area contributed by atoms with Crippen LogP contribution < -0.4 is 0 Å². The Morgan fingerprint density at radius 2 is 1.79 bits per heavy atom. The highest BCUT2D eigenvalue weighted by Crippen LogP contribution is 2.19. The van der Waals surface area contributed by atoms with Crippen molar-refractivity contribution in [3.63, 3.8) is 0 Å². The van der Waals surface area contributed by atoms with E-state index in [0.29, 0.717) is 4.83 Å². The van der Waals surface area contributed by atoms with E-state index in [9.17, 15) is 0 Å². The molecule has 0 saturated heterocycles. The van der Waals surface area contributed by atoms with Gasteiger partial charge >= 0.3 is 0 Å². The van der Waals surface area contributed by atoms with E-state index in [1.807, 2.05) is 18.2 Å². The second-order valence-corrected chi connectivity index (χ2v) is 6.69. The van der Waals surface area contributed by atoms with Gasteiger partial charge in [-0.3, -0.25) is 0 Å². The molecule has 0 fully saturated rings. The molecular formula is C17H18BrCl. The van der Waals surface area contributed by atoms with Gasteiger partial charge in [-0.25, -0.2) is 0 Å². The highest BCUT2D eigenvalue weighted by atomic mass is 79.9. The van der Waals surface area contributed by atoms with Crippen LogP contribution in [0, 0.1) is 6.92 Å². The third kappa shape index (κ3) is 5.00. The zero-order chi connectivity index (χ0) is 13.7. The topological polar surface area (TPSA) is 0 Å². The fourth-order valence-electron chi connectivity index (χ4n) is 2.21. The van der Waals surface area contributed by atoms with Crippen molar-refractivity contribution in [2.45, 2.75) is 31.0 Å². The van der Waals surface area contributed by atoms with Crippen LogP contribution in [0.15, 0.2) is 48.5 Å². The molecule has 2 aromatic rings. The Balaban J connectivity index is 1.86. The number of benzene rings is 2. The van der Waals surface area contributed by atoms with E-state index in [1.54, 1.807) is 0 Å². The summed E-state index contributed by atoms with van der Waals surface area (Å²) in [6.07, 6.45) is 3.26. The van der Waals surface area contributed by atoms with Crippen molar-refractivity contribution in [2.75, 3.05) is 0 Å². The van der Waals surface area contributed by atoms with Crippen LogP contribution in [-0.2, 0) is 12.8 Å². The molecule has 0 radical (unpaired) electrons. The van der Waals surface area contributed by atoms with Gasteiger partial charge in [-0.1, -0.05) is 69.5 Å². The Bertz CT molecular complexity index is 536. The van der Waals surface area contributed by atoms with Crippen LogP contribution in [0.3, 0.4) is 0 Å². The molecule has 100 valence electrons. The first kappa shape index (κ1) is 14.6. The van der Waals surface area contributed by atoms with Gasteiger partial charge in [-0.05, 0) is 49.4 Å². The molecule has 0 N–H and O–H groups in total. The Labute approximate surface area is 128 Å². The Morgan fingerprint density at radius 3 is 2.53 bits per heavy atom. The lowest BCUT2D eigenvalue weighted by molar-refractivity contribution is 0.763. The van der Waals surface area contributed by atoms with Crippen LogP contribution in [0.25, 0.3) is 0 Å². The lowest BCUT2D eigenvalue weighted by Gasteiger charge is -2.10. The normalized spacial score (nSPS) is 12.4. The maximum Gasteiger partial charge on any atom is 0.0408 e. The number of aryl methyl sites for hydroxylation is 2. The fourth-order valence-corrected chi connectivity index (χ4v) is 3.03. The maximum atomic E-state index is 6.00. The minimum absolute atomic E-state index is 0.492. The van der Waals surface area contributed by atoms with Gasteiger partial charge < -0.3 is 0 Å². The molecule has 0 aliphatic rings. The number of halogens is 2. The highest BCUT2D eigenvalue weighted by molar-refractivity contribution is 9.09. The molecule has 2 heteroatoms. The quantitative estimate of drug-likeness (QED) is 0.624. The predicted octanol–water partition coefficient (Wildman–Crippen LogP) is 5.59. The van der Waals surface area contributed by atoms with Gasteiger partial charge in [0.1, 0.15) is 0 Å². The molecule has 2 aromatic carbocycles. The van der Waals surface area contributed by atoms with Gasteiger partial charge in [0, 0.05) is 9.85 Å². The minimum atomic E-state index is 0.492. The van der Waals surface area contributed by atoms with E-state index in [0.717, 1.165) is 24.3 Å². The molecule has 2 rings (SSSR count). The molecular weight excluding hydrogens is 320 g/mol. The molecule has 0 aliphatic carbocycles. The number of hydrogen-bond donors (Lipinski definition) is 0. The molecule has 0 heterocycles. The maximum absolute atomic E-state index is 6.00. The summed E-state index contributed by atoms with van der Waals surface area (Å²) < 4.78 is 0. The van der Waals surface area contributed by atoms with E-state index >= 15 is 0 Å². The summed E-state index contributed by atoms with van der Waals surface area (Å²) in [5, 5.41) is 0.816. The molecule has 1 atom stereocenters. The lowest BCUT2D eigenvalue weighted by Crippen LogP contribution is -2.04. The summed E-state index contributed by atoms with van der Waals surface area (Å²) in [6, 6.07) is 16.8. The lowest BCUT2D eigenvalue weighted by atomic mass is 10.0. The zero-order valence-electron chi connectivity index (χ0n) is 11.1. The molecule has 0 spiro atoms. The van der Waals surface area contributed by atoms with E-state index in [-0.39, 0.29) is 0 Å². The van der Waals surface area contributed by atoms with Crippen LogP contribution in [0.4, 0.5) is 0 Å². The van der Waals surface area contributed by atoms with Crippen molar-refractivity contribution in [1.29, 1.82) is 0 Å². The molecule has 0 saturated carbocycles. The SMILES string of the molecule is Cc1cccc(CCC(Br)Cc2cccc(Cl)c2)c1. The van der Waals surface area contributed by atoms with Gasteiger partial charge in [0.25, 0.3) is 0 Å². The molecule has 19 heavy (non-hydrogen) atoms. The van der Waals surface area contributed by atoms with Crippen molar-refractivity contribution < 1.29 is 0 Å². The average Bonchev–Trinajstić information content (AvgIpc) is 2.36. The van der Waals surface area contributed by atoms with Crippen LogP contribution in [-0.4, -0.2) is 4.83 Å². The zero-order valence-corrected chi connectivity index (χ0v) is 13.4. The molecule has 0 bridgehead atoms.